The first-order chi connectivity index (χ1) is 11.7. The summed E-state index contributed by atoms with van der Waals surface area (Å²) >= 11 is 0. The van der Waals surface area contributed by atoms with Gasteiger partial charge in [0.2, 0.25) is 0 Å². The first-order valence-electron chi connectivity index (χ1n) is 7.95. The van der Waals surface area contributed by atoms with Gasteiger partial charge >= 0.3 is 0 Å². The zero-order chi connectivity index (χ0) is 16.5. The average Bonchev–Trinajstić information content (AvgIpc) is 3.25. The number of nitrogens with zero attached hydrogens (tertiary/aromatic N) is 6. The van der Waals surface area contributed by atoms with E-state index in [-0.39, 0.29) is 18.4 Å². The van der Waals surface area contributed by atoms with Gasteiger partial charge in [0, 0.05) is 19.6 Å². The Morgan fingerprint density at radius 2 is 2.04 bits per heavy atom. The van der Waals surface area contributed by atoms with Crippen LogP contribution >= 0.6 is 12.4 Å². The number of nitrogens with one attached hydrogen (secondary N) is 1. The van der Waals surface area contributed by atoms with Gasteiger partial charge in [0.25, 0.3) is 5.89 Å². The molecule has 1 aliphatic heterocycles. The third-order valence-electron chi connectivity index (χ3n) is 4.26. The molecule has 1 aliphatic rings. The number of piperazine rings is 1. The predicted octanol–water partition coefficient (Wildman–Crippen LogP) is 1.62. The quantitative estimate of drug-likeness (QED) is 0.758. The van der Waals surface area contributed by atoms with Gasteiger partial charge in [-0.15, -0.1) is 17.5 Å². The summed E-state index contributed by atoms with van der Waals surface area (Å²) in [7, 11) is 2.06. The van der Waals surface area contributed by atoms with Gasteiger partial charge < -0.3 is 9.84 Å². The van der Waals surface area contributed by atoms with E-state index in [0.717, 1.165) is 25.3 Å². The van der Waals surface area contributed by atoms with Crippen molar-refractivity contribution in [2.75, 3.05) is 26.7 Å². The molecule has 3 aromatic rings. The second-order valence-corrected chi connectivity index (χ2v) is 6.04. The highest BCUT2D eigenvalue weighted by molar-refractivity contribution is 5.85. The molecule has 4 rings (SSSR count). The van der Waals surface area contributed by atoms with Crippen LogP contribution in [0.4, 0.5) is 0 Å². The van der Waals surface area contributed by atoms with Gasteiger partial charge in [-0.1, -0.05) is 28.1 Å². The summed E-state index contributed by atoms with van der Waals surface area (Å²) in [6.45, 7) is 4.79. The topological polar surface area (TPSA) is 84.9 Å². The van der Waals surface area contributed by atoms with Crippen LogP contribution in [-0.4, -0.2) is 56.7 Å². The van der Waals surface area contributed by atoms with E-state index in [4.69, 9.17) is 4.52 Å². The molecule has 25 heavy (non-hydrogen) atoms. The molecule has 0 spiro atoms. The minimum atomic E-state index is 0. The highest BCUT2D eigenvalue weighted by atomic mass is 35.5. The smallest absolute Gasteiger partial charge is 0.280 e. The molecule has 0 saturated carbocycles. The number of benzene rings is 1. The fraction of sp³-hybridized carbons (Fsp3) is 0.375. The van der Waals surface area contributed by atoms with Gasteiger partial charge in [-0.2, -0.15) is 4.98 Å². The van der Waals surface area contributed by atoms with E-state index in [0.29, 0.717) is 17.4 Å². The Morgan fingerprint density at radius 3 is 2.80 bits per heavy atom. The van der Waals surface area contributed by atoms with Crippen molar-refractivity contribution in [1.29, 1.82) is 0 Å². The molecule has 0 amide bonds. The second kappa shape index (κ2) is 7.30. The molecular formula is C16H20ClN7O. The molecule has 132 valence electrons. The summed E-state index contributed by atoms with van der Waals surface area (Å²) in [5, 5.41) is 15.8. The minimum absolute atomic E-state index is 0. The molecule has 1 unspecified atom stereocenters. The lowest BCUT2D eigenvalue weighted by molar-refractivity contribution is 0.190. The monoisotopic (exact) mass is 361 g/mol. The van der Waals surface area contributed by atoms with Gasteiger partial charge in [-0.3, -0.25) is 4.90 Å². The summed E-state index contributed by atoms with van der Waals surface area (Å²) in [4.78, 5) is 6.72. The van der Waals surface area contributed by atoms with Crippen LogP contribution in [0.3, 0.4) is 0 Å². The lowest BCUT2D eigenvalue weighted by Crippen LogP contribution is -2.44. The Morgan fingerprint density at radius 1 is 1.24 bits per heavy atom. The van der Waals surface area contributed by atoms with Gasteiger partial charge in [0.05, 0.1) is 17.9 Å². The number of rotatable bonds is 3. The zero-order valence-corrected chi connectivity index (χ0v) is 14.9. The number of aryl methyl sites for hydroxylation is 1. The Hall–Kier alpha value is -2.29. The summed E-state index contributed by atoms with van der Waals surface area (Å²) in [5.74, 6) is 1.06. The van der Waals surface area contributed by atoms with E-state index in [9.17, 15) is 0 Å². The molecule has 0 aliphatic carbocycles. The molecule has 3 heterocycles. The number of hydrogen-bond donors (Lipinski definition) is 1. The number of halogens is 1. The van der Waals surface area contributed by atoms with Crippen molar-refractivity contribution in [3.05, 3.63) is 41.9 Å². The van der Waals surface area contributed by atoms with E-state index >= 15 is 0 Å². The first kappa shape index (κ1) is 17.5. The largest absolute Gasteiger partial charge is 0.332 e. The highest BCUT2D eigenvalue weighted by Crippen LogP contribution is 2.22. The Kier molecular flexibility index (Phi) is 5.12. The fourth-order valence-corrected chi connectivity index (χ4v) is 2.75. The molecule has 2 aromatic heterocycles. The second-order valence-electron chi connectivity index (χ2n) is 6.04. The van der Waals surface area contributed by atoms with Gasteiger partial charge in [-0.05, 0) is 26.1 Å². The van der Waals surface area contributed by atoms with E-state index in [2.05, 4.69) is 37.7 Å². The number of hydrogen-bond acceptors (Lipinski definition) is 7. The third kappa shape index (κ3) is 3.55. The normalized spacial score (nSPS) is 18.1. The molecule has 1 aromatic carbocycles. The predicted molar refractivity (Wildman–Crippen MR) is 94.9 cm³/mol. The Labute approximate surface area is 151 Å². The lowest BCUT2D eigenvalue weighted by Gasteiger charge is -2.30. The van der Waals surface area contributed by atoms with E-state index in [1.165, 1.54) is 5.56 Å². The minimum Gasteiger partial charge on any atom is -0.332 e. The third-order valence-corrected chi connectivity index (χ3v) is 4.26. The van der Waals surface area contributed by atoms with Crippen molar-refractivity contribution in [2.45, 2.75) is 13.0 Å². The summed E-state index contributed by atoms with van der Waals surface area (Å²) in [6, 6.07) is 8.18. The number of likely N-dealkylation sites (N-methyl/N-ethyl adjacent to an activating group) is 1. The zero-order valence-electron chi connectivity index (χ0n) is 14.1. The summed E-state index contributed by atoms with van der Waals surface area (Å²) < 4.78 is 7.09. The van der Waals surface area contributed by atoms with E-state index < -0.39 is 0 Å². The molecule has 1 fully saturated rings. The van der Waals surface area contributed by atoms with Gasteiger partial charge in [-0.25, -0.2) is 4.68 Å². The molecule has 1 saturated heterocycles. The maximum atomic E-state index is 5.39. The van der Waals surface area contributed by atoms with Crippen LogP contribution in [0, 0.1) is 6.92 Å². The molecular weight excluding hydrogens is 342 g/mol. The summed E-state index contributed by atoms with van der Waals surface area (Å²) in [6.07, 6.45) is 1.80. The van der Waals surface area contributed by atoms with Crippen molar-refractivity contribution < 1.29 is 4.52 Å². The molecule has 1 atom stereocenters. The molecule has 0 bridgehead atoms. The van der Waals surface area contributed by atoms with Crippen LogP contribution < -0.4 is 5.32 Å². The Balaban J connectivity index is 0.00000182. The maximum Gasteiger partial charge on any atom is 0.280 e. The summed E-state index contributed by atoms with van der Waals surface area (Å²) in [5.41, 5.74) is 2.71. The van der Waals surface area contributed by atoms with Gasteiger partial charge in [0.1, 0.15) is 0 Å². The van der Waals surface area contributed by atoms with Crippen LogP contribution in [0.15, 0.2) is 35.0 Å². The van der Waals surface area contributed by atoms with E-state index in [1.54, 1.807) is 10.9 Å². The molecule has 9 heteroatoms. The van der Waals surface area contributed by atoms with Gasteiger partial charge in [0.15, 0.2) is 11.5 Å². The lowest BCUT2D eigenvalue weighted by atomic mass is 10.2. The SMILES string of the molecule is Cc1ccc(-n2cc(-c3nc(C4CNCCN4C)no3)nn2)cc1.Cl. The number of aromatic nitrogens is 5. The molecule has 0 radical (unpaired) electrons. The maximum absolute atomic E-state index is 5.39. The van der Waals surface area contributed by atoms with Crippen LogP contribution in [0.25, 0.3) is 17.3 Å². The highest BCUT2D eigenvalue weighted by Gasteiger charge is 2.26. The molecule has 8 nitrogen and oxygen atoms in total. The van der Waals surface area contributed by atoms with Crippen LogP contribution in [-0.2, 0) is 0 Å². The first-order valence-corrected chi connectivity index (χ1v) is 7.95. The standard InChI is InChI=1S/C16H19N7O.ClH/c1-11-3-5-12(6-4-11)23-10-13(19-21-23)16-18-15(20-24-16)14-9-17-7-8-22(14)2;/h3-6,10,14,17H,7-9H2,1-2H3;1H. The Bertz CT molecular complexity index is 829. The van der Waals surface area contributed by atoms with Crippen LogP contribution in [0.1, 0.15) is 17.4 Å². The van der Waals surface area contributed by atoms with Crippen molar-refractivity contribution in [3.8, 4) is 17.3 Å². The van der Waals surface area contributed by atoms with Crippen LogP contribution in [0.2, 0.25) is 0 Å². The van der Waals surface area contributed by atoms with E-state index in [1.807, 2.05) is 31.2 Å². The van der Waals surface area contributed by atoms with Crippen molar-refractivity contribution in [3.63, 3.8) is 0 Å². The van der Waals surface area contributed by atoms with Crippen molar-refractivity contribution >= 4 is 12.4 Å². The average molecular weight is 362 g/mol. The van der Waals surface area contributed by atoms with Crippen molar-refractivity contribution in [2.24, 2.45) is 0 Å². The molecule has 1 N–H and O–H groups in total. The van der Waals surface area contributed by atoms with Crippen LogP contribution in [0.5, 0.6) is 0 Å². The van der Waals surface area contributed by atoms with Crippen molar-refractivity contribution in [1.82, 2.24) is 35.4 Å². The fourth-order valence-electron chi connectivity index (χ4n) is 2.75.